The highest BCUT2D eigenvalue weighted by molar-refractivity contribution is 6.30. The van der Waals surface area contributed by atoms with Gasteiger partial charge in [0, 0.05) is 96.0 Å². The molecule has 0 spiro atoms. The molecule has 39 heteroatoms. The molecule has 0 saturated heterocycles. The van der Waals surface area contributed by atoms with Gasteiger partial charge in [-0.15, -0.1) is 5.10 Å². The topological polar surface area (TPSA) is 546 Å². The van der Waals surface area contributed by atoms with E-state index in [1.54, 1.807) is 91.4 Å². The summed E-state index contributed by atoms with van der Waals surface area (Å²) < 4.78 is 61.0. The number of nitrogen functional groups attached to an aromatic ring is 10. The Balaban J connectivity index is 0.000000116. The van der Waals surface area contributed by atoms with E-state index in [1.807, 2.05) is 156 Å². The molecule has 0 fully saturated rings. The van der Waals surface area contributed by atoms with Crippen molar-refractivity contribution in [1.29, 1.82) is 0 Å². The standard InChI is InChI=1S/C19H20N6O.C18H17FN6O.C17H15ClN6O.C17H15FN6O.C16H16N8/c1-10-4-6-14(20)8-13(10)9-15-12(3)24-25-17(15)22-19(21)23-18(25)16-7-5-11(2)26-16;1-9-5-13(20)7-11(15(9)19)6-12-8-22-25-16(12)23-18(21)24-17(25)14-4-3-10(2)26-14;2*1-9-5-6-13(25-9)16-22-17(20)21-15-12(14(18)23-24(15)16)8-10-3-2-4-11(19)7-10;1-23-6-5-13(22-23)15-21-16(18)20-14-11(9-19-24(14)15)7-10-3-2-4-12(17)8-10/h4-8H,9,20H2,1-3H3,(H2,21,22);3-5,7-8H,6,20H2,1-2H3,(H2,21,23);2*2-7H,8,19H2,1H3,(H2,20,21);2-6,8-9H,7,17H2,1H3,(H2,18,20). The molecule has 0 bridgehead atoms. The van der Waals surface area contributed by atoms with Crippen LogP contribution in [0.3, 0.4) is 0 Å². The summed E-state index contributed by atoms with van der Waals surface area (Å²) in [5.74, 6) is 7.13. The van der Waals surface area contributed by atoms with Gasteiger partial charge in [0.2, 0.25) is 59.0 Å². The van der Waals surface area contributed by atoms with Crippen molar-refractivity contribution in [3.63, 3.8) is 0 Å². The number of fused-ring (bicyclic) bond motifs is 5. The summed E-state index contributed by atoms with van der Waals surface area (Å²) in [6.45, 7) is 13.1. The number of rotatable bonds is 15. The molecule has 0 atom stereocenters. The van der Waals surface area contributed by atoms with Crippen molar-refractivity contribution >= 4 is 98.0 Å². The second kappa shape index (κ2) is 34.4. The summed E-state index contributed by atoms with van der Waals surface area (Å²) in [4.78, 5) is 42.8. The summed E-state index contributed by atoms with van der Waals surface area (Å²) in [7, 11) is 1.85. The van der Waals surface area contributed by atoms with Gasteiger partial charge in [0.15, 0.2) is 62.3 Å². The van der Waals surface area contributed by atoms with Gasteiger partial charge >= 0.3 is 0 Å². The fourth-order valence-electron chi connectivity index (χ4n) is 14.2. The molecule has 15 heterocycles. The van der Waals surface area contributed by atoms with Crippen LogP contribution in [0.5, 0.6) is 0 Å². The Morgan fingerprint density at radius 1 is 0.333 bits per heavy atom. The first kappa shape index (κ1) is 83.0. The highest BCUT2D eigenvalue weighted by Gasteiger charge is 2.26. The SMILES string of the molecule is Cc1ccc(-c2nc(N)nc3c(Cc4cc(N)cc(C)c4F)cnn23)o1.Cc1ccc(-c2nc(N)nc3c(Cc4cc(N)ccc4C)c(C)nn23)o1.Cc1ccc(-c2nc(N)nc3c(Cc4cccc(N)c4)c(Cl)nn23)o1.Cc1ccc(-c2nc(N)nc3c(Cc4cccc(N)c4)c(F)nn23)o1.Cn1ccc(-c2nc(N)nc3c(Cc4cccc(N)c4)cnn23)n1. The molecule has 0 unspecified atom stereocenters. The number of nitrogens with zero attached hydrogens (tertiary/aromatic N) is 22. The molecule has 0 aliphatic heterocycles. The number of aromatic nitrogens is 22. The average molecular weight is 1710 g/mol. The second-order valence-electron chi connectivity index (χ2n) is 29.8. The molecule has 0 aliphatic rings. The van der Waals surface area contributed by atoms with Gasteiger partial charge < -0.3 is 75.0 Å². The predicted octanol–water partition coefficient (Wildman–Crippen LogP) is 12.9. The van der Waals surface area contributed by atoms with Gasteiger partial charge in [0.1, 0.15) is 34.6 Å². The monoisotopic (exact) mass is 1710 g/mol. The van der Waals surface area contributed by atoms with Crippen molar-refractivity contribution < 1.29 is 26.4 Å². The quantitative estimate of drug-likeness (QED) is 0.0426. The normalized spacial score (nSPS) is 11.3. The molecular formula is C87H83ClF2N32O4. The van der Waals surface area contributed by atoms with Crippen LogP contribution in [-0.2, 0) is 39.2 Å². The van der Waals surface area contributed by atoms with Crippen LogP contribution in [-0.4, -0.2) is 108 Å². The molecule has 0 radical (unpaired) electrons. The smallest absolute Gasteiger partial charge is 0.238 e. The lowest BCUT2D eigenvalue weighted by atomic mass is 10.00. The summed E-state index contributed by atoms with van der Waals surface area (Å²) in [6, 6.07) is 48.1. The van der Waals surface area contributed by atoms with Gasteiger partial charge in [0.25, 0.3) is 0 Å². The van der Waals surface area contributed by atoms with Gasteiger partial charge in [-0.05, 0) is 203 Å². The third-order valence-electron chi connectivity index (χ3n) is 20.1. The lowest BCUT2D eigenvalue weighted by molar-refractivity contribution is 0.535. The third kappa shape index (κ3) is 17.8. The van der Waals surface area contributed by atoms with Crippen molar-refractivity contribution in [2.75, 3.05) is 57.3 Å². The fourth-order valence-corrected chi connectivity index (χ4v) is 14.5. The fraction of sp³-hybridized carbons (Fsp3) is 0.149. The first-order chi connectivity index (χ1) is 60.5. The molecule has 20 N–H and O–H groups in total. The first-order valence-corrected chi connectivity index (χ1v) is 39.5. The molecule has 15 aromatic heterocycles. The minimum Gasteiger partial charge on any atom is -0.458 e. The van der Waals surface area contributed by atoms with Crippen molar-refractivity contribution in [2.45, 2.75) is 80.6 Å². The maximum atomic E-state index is 14.5. The molecular weight excluding hydrogens is 1630 g/mol. The number of nitrogens with two attached hydrogens (primary N) is 10. The second-order valence-corrected chi connectivity index (χ2v) is 30.1. The van der Waals surface area contributed by atoms with E-state index >= 15 is 0 Å². The molecule has 20 aromatic rings. The number of hydrogen-bond acceptors (Lipinski definition) is 30. The summed E-state index contributed by atoms with van der Waals surface area (Å²) in [6.07, 6.45) is 7.67. The van der Waals surface area contributed by atoms with Crippen LogP contribution in [0.25, 0.3) is 86.1 Å². The van der Waals surface area contributed by atoms with Crippen LogP contribution in [0, 0.1) is 60.2 Å². The van der Waals surface area contributed by atoms with Crippen LogP contribution in [0.15, 0.2) is 194 Å². The van der Waals surface area contributed by atoms with Crippen LogP contribution in [0.2, 0.25) is 5.15 Å². The van der Waals surface area contributed by atoms with Gasteiger partial charge in [-0.2, -0.15) is 102 Å². The first-order valence-electron chi connectivity index (χ1n) is 39.1. The Labute approximate surface area is 720 Å². The van der Waals surface area contributed by atoms with E-state index in [2.05, 4.69) is 87.4 Å². The Hall–Kier alpha value is -16.7. The Morgan fingerprint density at radius 2 is 0.738 bits per heavy atom. The number of hydrogen-bond donors (Lipinski definition) is 10. The highest BCUT2D eigenvalue weighted by atomic mass is 35.5. The van der Waals surface area contributed by atoms with Gasteiger partial charge in [-0.1, -0.05) is 54.1 Å². The summed E-state index contributed by atoms with van der Waals surface area (Å²) in [5.41, 5.74) is 76.2. The van der Waals surface area contributed by atoms with E-state index in [-0.39, 0.29) is 48.4 Å². The van der Waals surface area contributed by atoms with E-state index in [4.69, 9.17) is 86.6 Å². The Kier molecular flexibility index (Phi) is 22.7. The lowest BCUT2D eigenvalue weighted by Gasteiger charge is -2.07. The zero-order chi connectivity index (χ0) is 88.6. The summed E-state index contributed by atoms with van der Waals surface area (Å²) >= 11 is 6.37. The van der Waals surface area contributed by atoms with Gasteiger partial charge in [0.05, 0.1) is 23.7 Å². The van der Waals surface area contributed by atoms with E-state index in [9.17, 15) is 8.78 Å². The zero-order valence-electron chi connectivity index (χ0n) is 69.2. The van der Waals surface area contributed by atoms with Crippen LogP contribution >= 0.6 is 11.6 Å². The number of aryl methyl sites for hydroxylation is 8. The van der Waals surface area contributed by atoms with Crippen LogP contribution in [0.4, 0.5) is 67.0 Å². The van der Waals surface area contributed by atoms with Gasteiger partial charge in [-0.25, -0.2) is 4.39 Å². The molecule has 20 rings (SSSR count). The molecule has 0 amide bonds. The van der Waals surface area contributed by atoms with Crippen LogP contribution in [0.1, 0.15) is 95.5 Å². The number of furan rings is 4. The number of benzene rings is 5. The van der Waals surface area contributed by atoms with Crippen molar-refractivity contribution in [2.24, 2.45) is 7.05 Å². The average Bonchev–Trinajstić information content (AvgIpc) is 1.64. The number of anilines is 10. The molecule has 0 aliphatic carbocycles. The predicted molar refractivity (Wildman–Crippen MR) is 475 cm³/mol. The molecule has 126 heavy (non-hydrogen) atoms. The van der Waals surface area contributed by atoms with E-state index < -0.39 is 5.95 Å². The molecule has 0 saturated carbocycles. The third-order valence-corrected chi connectivity index (χ3v) is 20.4. The molecule has 636 valence electrons. The zero-order valence-corrected chi connectivity index (χ0v) is 69.9. The molecule has 5 aromatic carbocycles. The Bertz CT molecular complexity index is 7320. The van der Waals surface area contributed by atoms with Crippen molar-refractivity contribution in [3.8, 4) is 57.9 Å². The van der Waals surface area contributed by atoms with Crippen LogP contribution < -0.4 is 57.3 Å². The number of halogens is 3. The van der Waals surface area contributed by atoms with Crippen molar-refractivity contribution in [3.05, 3.63) is 289 Å². The highest BCUT2D eigenvalue weighted by Crippen LogP contribution is 2.34. The summed E-state index contributed by atoms with van der Waals surface area (Å²) in [5, 5.41) is 26.4. The largest absolute Gasteiger partial charge is 0.458 e. The Morgan fingerprint density at radius 3 is 1.21 bits per heavy atom. The minimum atomic E-state index is -0.633. The van der Waals surface area contributed by atoms with E-state index in [1.165, 1.54) is 10.1 Å². The minimum absolute atomic E-state index is 0.0188. The van der Waals surface area contributed by atoms with E-state index in [0.29, 0.717) is 156 Å². The maximum Gasteiger partial charge on any atom is 0.238 e. The van der Waals surface area contributed by atoms with Crippen molar-refractivity contribution in [1.82, 2.24) is 108 Å². The molecule has 36 nitrogen and oxygen atoms in total. The van der Waals surface area contributed by atoms with E-state index in [0.717, 1.165) is 73.3 Å². The lowest BCUT2D eigenvalue weighted by Crippen LogP contribution is -2.06. The van der Waals surface area contributed by atoms with Gasteiger partial charge in [-0.3, -0.25) is 4.68 Å². The maximum absolute atomic E-state index is 14.5.